The summed E-state index contributed by atoms with van der Waals surface area (Å²) in [4.78, 5) is 26.5. The first kappa shape index (κ1) is 24.3. The molecule has 4 rings (SSSR count). The summed E-state index contributed by atoms with van der Waals surface area (Å²) in [5.74, 6) is 1.03. The van der Waals surface area contributed by atoms with Gasteiger partial charge in [-0.05, 0) is 50.3 Å². The summed E-state index contributed by atoms with van der Waals surface area (Å²) in [6, 6.07) is 7.65. The van der Waals surface area contributed by atoms with Crippen LogP contribution < -0.4 is 10.1 Å². The Balaban J connectivity index is 1.49. The molecule has 0 bridgehead atoms. The molecule has 1 aliphatic rings. The van der Waals surface area contributed by atoms with Gasteiger partial charge in [-0.25, -0.2) is 4.79 Å². The van der Waals surface area contributed by atoms with E-state index in [4.69, 9.17) is 9.47 Å². The Bertz CT molecular complexity index is 1190. The smallest absolute Gasteiger partial charge is 0.341 e. The predicted octanol–water partition coefficient (Wildman–Crippen LogP) is 4.82. The number of carbonyl (C=O) groups excluding carboxylic acids is 2. The lowest BCUT2D eigenvalue weighted by Crippen LogP contribution is -2.16. The molecule has 1 aromatic carbocycles. The van der Waals surface area contributed by atoms with Gasteiger partial charge >= 0.3 is 5.97 Å². The van der Waals surface area contributed by atoms with Crippen LogP contribution in [0.3, 0.4) is 0 Å². The molecule has 1 N–H and O–H groups in total. The van der Waals surface area contributed by atoms with E-state index < -0.39 is 5.97 Å². The lowest BCUT2D eigenvalue weighted by atomic mass is 10.1. The number of nitrogens with zero attached hydrogens (tertiary/aromatic N) is 3. The van der Waals surface area contributed by atoms with Crippen molar-refractivity contribution in [3.8, 4) is 17.1 Å². The third kappa shape index (κ3) is 5.12. The zero-order valence-electron chi connectivity index (χ0n) is 19.6. The summed E-state index contributed by atoms with van der Waals surface area (Å²) in [7, 11) is 3.00. The summed E-state index contributed by atoms with van der Waals surface area (Å²) in [6.45, 7) is 2.67. The molecule has 1 amide bonds. The molecule has 10 heteroatoms. The van der Waals surface area contributed by atoms with E-state index in [1.54, 1.807) is 7.11 Å². The van der Waals surface area contributed by atoms with Crippen molar-refractivity contribution in [2.45, 2.75) is 50.7 Å². The molecule has 1 aliphatic carbocycles. The fourth-order valence-corrected chi connectivity index (χ4v) is 6.19. The first-order valence-electron chi connectivity index (χ1n) is 11.3. The van der Waals surface area contributed by atoms with E-state index in [1.165, 1.54) is 35.1 Å². The van der Waals surface area contributed by atoms with Crippen LogP contribution in [0.25, 0.3) is 11.4 Å². The average Bonchev–Trinajstić information content (AvgIpc) is 3.34. The van der Waals surface area contributed by atoms with Gasteiger partial charge in [-0.3, -0.25) is 4.79 Å². The van der Waals surface area contributed by atoms with Crippen LogP contribution in [0.4, 0.5) is 5.00 Å². The maximum Gasteiger partial charge on any atom is 0.341 e. The summed E-state index contributed by atoms with van der Waals surface area (Å²) < 4.78 is 12.3. The van der Waals surface area contributed by atoms with Gasteiger partial charge in [0.1, 0.15) is 10.8 Å². The van der Waals surface area contributed by atoms with Crippen molar-refractivity contribution in [3.63, 3.8) is 0 Å². The zero-order chi connectivity index (χ0) is 24.1. The molecule has 2 aromatic heterocycles. The van der Waals surface area contributed by atoms with Gasteiger partial charge in [0.2, 0.25) is 5.91 Å². The van der Waals surface area contributed by atoms with E-state index >= 15 is 0 Å². The minimum atomic E-state index is -0.393. The first-order valence-corrected chi connectivity index (χ1v) is 13.1. The number of anilines is 1. The normalized spacial score (nSPS) is 13.1. The lowest BCUT2D eigenvalue weighted by molar-refractivity contribution is -0.113. The van der Waals surface area contributed by atoms with Crippen LogP contribution in [0.5, 0.6) is 5.75 Å². The van der Waals surface area contributed by atoms with Crippen LogP contribution in [0.1, 0.15) is 47.0 Å². The molecule has 2 heterocycles. The number of methoxy groups -OCH3 is 2. The standard InChI is InChI=1S/C24H28N4O4S2/c1-4-28-21(15-9-8-10-16(13-15)31-2)26-27-24(28)33-14-19(29)25-22-20(23(30)32-3)17-11-6-5-7-12-18(17)34-22/h8-10,13H,4-7,11-12,14H2,1-3H3,(H,25,29). The van der Waals surface area contributed by atoms with Gasteiger partial charge in [0.25, 0.3) is 0 Å². The second-order valence-electron chi connectivity index (χ2n) is 7.88. The maximum absolute atomic E-state index is 12.8. The molecule has 8 nitrogen and oxygen atoms in total. The third-order valence-electron chi connectivity index (χ3n) is 5.76. The van der Waals surface area contributed by atoms with Crippen molar-refractivity contribution in [2.24, 2.45) is 0 Å². The van der Waals surface area contributed by atoms with E-state index in [0.717, 1.165) is 54.8 Å². The third-order valence-corrected chi connectivity index (χ3v) is 7.93. The minimum Gasteiger partial charge on any atom is -0.497 e. The van der Waals surface area contributed by atoms with Gasteiger partial charge in [0.15, 0.2) is 11.0 Å². The molecule has 0 radical (unpaired) electrons. The molecule has 3 aromatic rings. The van der Waals surface area contributed by atoms with Crippen molar-refractivity contribution in [3.05, 3.63) is 40.3 Å². The van der Waals surface area contributed by atoms with Gasteiger partial charge in [-0.15, -0.1) is 21.5 Å². The number of fused-ring (bicyclic) bond motifs is 1. The molecule has 0 unspecified atom stereocenters. The van der Waals surface area contributed by atoms with E-state index in [-0.39, 0.29) is 11.7 Å². The van der Waals surface area contributed by atoms with Crippen molar-refractivity contribution >= 4 is 40.0 Å². The second kappa shape index (κ2) is 11.1. The Hall–Kier alpha value is -2.85. The van der Waals surface area contributed by atoms with Crippen LogP contribution in [0.15, 0.2) is 29.4 Å². The van der Waals surface area contributed by atoms with E-state index in [2.05, 4.69) is 15.5 Å². The number of nitrogens with one attached hydrogen (secondary N) is 1. The van der Waals surface area contributed by atoms with Crippen molar-refractivity contribution < 1.29 is 19.1 Å². The molecule has 0 fully saturated rings. The highest BCUT2D eigenvalue weighted by Gasteiger charge is 2.26. The number of thioether (sulfide) groups is 1. The first-order chi connectivity index (χ1) is 16.5. The van der Waals surface area contributed by atoms with Crippen LogP contribution in [-0.4, -0.2) is 46.6 Å². The van der Waals surface area contributed by atoms with E-state index in [9.17, 15) is 9.59 Å². The number of rotatable bonds is 8. The largest absolute Gasteiger partial charge is 0.497 e. The fourth-order valence-electron chi connectivity index (χ4n) is 4.10. The van der Waals surface area contributed by atoms with E-state index in [1.807, 2.05) is 35.8 Å². The SMILES string of the molecule is CCn1c(SCC(=O)Nc2sc3c(c2C(=O)OC)CCCCC3)nnc1-c1cccc(OC)c1. The van der Waals surface area contributed by atoms with Crippen molar-refractivity contribution in [1.82, 2.24) is 14.8 Å². The molecule has 0 saturated carbocycles. The molecular weight excluding hydrogens is 472 g/mol. The van der Waals surface area contributed by atoms with Crippen LogP contribution in [0, 0.1) is 0 Å². The van der Waals surface area contributed by atoms with Crippen LogP contribution >= 0.6 is 23.1 Å². The number of aromatic nitrogens is 3. The molecule has 0 saturated heterocycles. The van der Waals surface area contributed by atoms with Crippen molar-refractivity contribution in [1.29, 1.82) is 0 Å². The van der Waals surface area contributed by atoms with Gasteiger partial charge < -0.3 is 19.4 Å². The summed E-state index contributed by atoms with van der Waals surface area (Å²) >= 11 is 2.81. The highest BCUT2D eigenvalue weighted by molar-refractivity contribution is 7.99. The monoisotopic (exact) mass is 500 g/mol. The Morgan fingerprint density at radius 2 is 2.00 bits per heavy atom. The lowest BCUT2D eigenvalue weighted by Gasteiger charge is -2.09. The number of aryl methyl sites for hydroxylation is 1. The van der Waals surface area contributed by atoms with Gasteiger partial charge in [0.05, 0.1) is 25.5 Å². The highest BCUT2D eigenvalue weighted by atomic mass is 32.2. The molecule has 0 spiro atoms. The van der Waals surface area contributed by atoms with E-state index in [0.29, 0.717) is 22.3 Å². The fraction of sp³-hybridized carbons (Fsp3) is 0.417. The summed E-state index contributed by atoms with van der Waals surface area (Å²) in [5, 5.41) is 12.8. The molecule has 0 atom stereocenters. The van der Waals surface area contributed by atoms with Gasteiger partial charge in [-0.1, -0.05) is 30.3 Å². The average molecular weight is 501 g/mol. The van der Waals surface area contributed by atoms with Gasteiger partial charge in [-0.2, -0.15) is 0 Å². The predicted molar refractivity (Wildman–Crippen MR) is 134 cm³/mol. The Labute approximate surface area is 207 Å². The molecule has 180 valence electrons. The number of benzene rings is 1. The Morgan fingerprint density at radius 1 is 1.18 bits per heavy atom. The van der Waals surface area contributed by atoms with Crippen LogP contribution in [-0.2, 0) is 28.9 Å². The quantitative estimate of drug-likeness (QED) is 0.269. The molecule has 34 heavy (non-hydrogen) atoms. The molecular formula is C24H28N4O4S2. The Morgan fingerprint density at radius 3 is 2.76 bits per heavy atom. The number of hydrogen-bond acceptors (Lipinski definition) is 8. The highest BCUT2D eigenvalue weighted by Crippen LogP contribution is 2.38. The van der Waals surface area contributed by atoms with Gasteiger partial charge in [0, 0.05) is 17.0 Å². The number of hydrogen-bond donors (Lipinski definition) is 1. The number of esters is 1. The van der Waals surface area contributed by atoms with Crippen molar-refractivity contribution in [2.75, 3.05) is 25.3 Å². The summed E-state index contributed by atoms with van der Waals surface area (Å²) in [6.07, 6.45) is 5.06. The topological polar surface area (TPSA) is 95.3 Å². The second-order valence-corrected chi connectivity index (χ2v) is 9.93. The maximum atomic E-state index is 12.8. The minimum absolute atomic E-state index is 0.152. The summed E-state index contributed by atoms with van der Waals surface area (Å²) in [5.41, 5.74) is 2.44. The van der Waals surface area contributed by atoms with Crippen LogP contribution in [0.2, 0.25) is 0 Å². The molecule has 0 aliphatic heterocycles. The number of ether oxygens (including phenoxy) is 2. The number of amides is 1. The number of carbonyl (C=O) groups is 2. The number of thiophene rings is 1. The Kier molecular flexibility index (Phi) is 7.89. The zero-order valence-corrected chi connectivity index (χ0v) is 21.2.